The van der Waals surface area contributed by atoms with Crippen LogP contribution >= 0.6 is 0 Å². The summed E-state index contributed by atoms with van der Waals surface area (Å²) < 4.78 is 15.7. The van der Waals surface area contributed by atoms with Crippen LogP contribution in [0.5, 0.6) is 11.5 Å². The lowest BCUT2D eigenvalue weighted by Crippen LogP contribution is -2.05. The van der Waals surface area contributed by atoms with Crippen LogP contribution < -0.4 is 9.47 Å². The van der Waals surface area contributed by atoms with Crippen LogP contribution in [0, 0.1) is 0 Å². The summed E-state index contributed by atoms with van der Waals surface area (Å²) in [4.78, 5) is 16.3. The van der Waals surface area contributed by atoms with Gasteiger partial charge >= 0.3 is 5.97 Å². The van der Waals surface area contributed by atoms with Gasteiger partial charge in [-0.3, -0.25) is 0 Å². The highest BCUT2D eigenvalue weighted by molar-refractivity contribution is 6.13. The standard InChI is InChI=1S/C18H15NO4/c1-21-15-9-8-13(11-16(15)22-2)17-19-14(18(20)23-17)10-12-6-4-3-5-7-12/h3-11H,1-2H3. The number of aliphatic imine (C=N–C) groups is 1. The molecule has 116 valence electrons. The maximum atomic E-state index is 12.0. The molecule has 0 amide bonds. The Morgan fingerprint density at radius 1 is 1.00 bits per heavy atom. The van der Waals surface area contributed by atoms with Crippen LogP contribution in [0.15, 0.2) is 59.2 Å². The van der Waals surface area contributed by atoms with Crippen LogP contribution in [0.2, 0.25) is 0 Å². The normalized spacial score (nSPS) is 15.3. The molecule has 1 heterocycles. The van der Waals surface area contributed by atoms with Crippen molar-refractivity contribution in [2.75, 3.05) is 14.2 Å². The number of ether oxygens (including phenoxy) is 3. The third kappa shape index (κ3) is 3.08. The fourth-order valence-electron chi connectivity index (χ4n) is 2.21. The summed E-state index contributed by atoms with van der Waals surface area (Å²) in [7, 11) is 3.11. The SMILES string of the molecule is COc1ccc(C2=NC(=Cc3ccccc3)C(=O)O2)cc1OC. The Morgan fingerprint density at radius 3 is 2.43 bits per heavy atom. The molecule has 1 aliphatic rings. The van der Waals surface area contributed by atoms with Gasteiger partial charge in [-0.05, 0) is 29.8 Å². The average Bonchev–Trinajstić information content (AvgIpc) is 2.96. The van der Waals surface area contributed by atoms with Gasteiger partial charge in [-0.15, -0.1) is 0 Å². The Morgan fingerprint density at radius 2 is 1.74 bits per heavy atom. The van der Waals surface area contributed by atoms with Crippen LogP contribution in [-0.2, 0) is 9.53 Å². The molecule has 0 aliphatic carbocycles. The minimum absolute atomic E-state index is 0.248. The van der Waals surface area contributed by atoms with Gasteiger partial charge in [-0.2, -0.15) is 0 Å². The summed E-state index contributed by atoms with van der Waals surface area (Å²) in [5.74, 6) is 0.919. The number of cyclic esters (lactones) is 1. The summed E-state index contributed by atoms with van der Waals surface area (Å²) in [5, 5.41) is 0. The number of carbonyl (C=O) groups is 1. The second-order valence-electron chi connectivity index (χ2n) is 4.82. The molecule has 0 unspecified atom stereocenters. The van der Waals surface area contributed by atoms with Gasteiger partial charge in [0.05, 0.1) is 14.2 Å². The van der Waals surface area contributed by atoms with E-state index in [9.17, 15) is 4.79 Å². The van der Waals surface area contributed by atoms with E-state index in [4.69, 9.17) is 14.2 Å². The van der Waals surface area contributed by atoms with E-state index in [0.29, 0.717) is 17.1 Å². The fourth-order valence-corrected chi connectivity index (χ4v) is 2.21. The van der Waals surface area contributed by atoms with Crippen molar-refractivity contribution in [3.8, 4) is 11.5 Å². The fraction of sp³-hybridized carbons (Fsp3) is 0.111. The molecule has 0 spiro atoms. The van der Waals surface area contributed by atoms with Gasteiger partial charge < -0.3 is 14.2 Å². The molecule has 0 bridgehead atoms. The number of carbonyl (C=O) groups excluding carboxylic acids is 1. The zero-order valence-corrected chi connectivity index (χ0v) is 12.8. The highest BCUT2D eigenvalue weighted by Crippen LogP contribution is 2.29. The minimum atomic E-state index is -0.473. The highest BCUT2D eigenvalue weighted by atomic mass is 16.6. The molecule has 1 aliphatic heterocycles. The lowest BCUT2D eigenvalue weighted by atomic mass is 10.2. The molecule has 3 rings (SSSR count). The number of esters is 1. The quantitative estimate of drug-likeness (QED) is 0.643. The molecular formula is C18H15NO4. The maximum absolute atomic E-state index is 12.0. The molecule has 5 nitrogen and oxygen atoms in total. The van der Waals surface area contributed by atoms with Gasteiger partial charge in [-0.1, -0.05) is 30.3 Å². The largest absolute Gasteiger partial charge is 0.493 e. The van der Waals surface area contributed by atoms with Crippen LogP contribution in [0.25, 0.3) is 6.08 Å². The van der Waals surface area contributed by atoms with E-state index < -0.39 is 5.97 Å². The summed E-state index contributed by atoms with van der Waals surface area (Å²) in [5.41, 5.74) is 1.80. The molecule has 0 saturated carbocycles. The molecule has 0 saturated heterocycles. The van der Waals surface area contributed by atoms with E-state index in [1.54, 1.807) is 38.5 Å². The first kappa shape index (κ1) is 14.8. The number of methoxy groups -OCH3 is 2. The first-order valence-electron chi connectivity index (χ1n) is 7.01. The molecule has 2 aromatic carbocycles. The third-order valence-corrected chi connectivity index (χ3v) is 3.35. The molecule has 0 fully saturated rings. The van der Waals surface area contributed by atoms with Crippen molar-refractivity contribution in [3.63, 3.8) is 0 Å². The number of hydrogen-bond acceptors (Lipinski definition) is 5. The number of rotatable bonds is 4. The van der Waals surface area contributed by atoms with Gasteiger partial charge in [0.15, 0.2) is 17.2 Å². The molecule has 0 aromatic heterocycles. The first-order valence-corrected chi connectivity index (χ1v) is 7.01. The summed E-state index contributed by atoms with van der Waals surface area (Å²) in [6.45, 7) is 0. The van der Waals surface area contributed by atoms with E-state index in [0.717, 1.165) is 5.56 Å². The Kier molecular flexibility index (Phi) is 4.10. The molecule has 0 atom stereocenters. The third-order valence-electron chi connectivity index (χ3n) is 3.35. The maximum Gasteiger partial charge on any atom is 0.363 e. The predicted octanol–water partition coefficient (Wildman–Crippen LogP) is 3.05. The molecule has 0 radical (unpaired) electrons. The number of nitrogens with zero attached hydrogens (tertiary/aromatic N) is 1. The first-order chi connectivity index (χ1) is 11.2. The second kappa shape index (κ2) is 6.36. The molecule has 23 heavy (non-hydrogen) atoms. The van der Waals surface area contributed by atoms with E-state index in [-0.39, 0.29) is 11.6 Å². The molecule has 0 N–H and O–H groups in total. The number of hydrogen-bond donors (Lipinski definition) is 0. The highest BCUT2D eigenvalue weighted by Gasteiger charge is 2.24. The van der Waals surface area contributed by atoms with Crippen molar-refractivity contribution in [2.24, 2.45) is 4.99 Å². The van der Waals surface area contributed by atoms with Crippen molar-refractivity contribution >= 4 is 17.9 Å². The van der Waals surface area contributed by atoms with Crippen LogP contribution in [0.1, 0.15) is 11.1 Å². The van der Waals surface area contributed by atoms with Crippen LogP contribution in [0.3, 0.4) is 0 Å². The van der Waals surface area contributed by atoms with Crippen molar-refractivity contribution in [1.29, 1.82) is 0 Å². The monoisotopic (exact) mass is 309 g/mol. The van der Waals surface area contributed by atoms with Crippen molar-refractivity contribution in [2.45, 2.75) is 0 Å². The summed E-state index contributed by atoms with van der Waals surface area (Å²) in [6, 6.07) is 14.7. The van der Waals surface area contributed by atoms with Gasteiger partial charge in [0.2, 0.25) is 5.90 Å². The van der Waals surface area contributed by atoms with Gasteiger partial charge in [0.1, 0.15) is 0 Å². The van der Waals surface area contributed by atoms with Crippen molar-refractivity contribution < 1.29 is 19.0 Å². The van der Waals surface area contributed by atoms with Crippen molar-refractivity contribution in [1.82, 2.24) is 0 Å². The average molecular weight is 309 g/mol. The van der Waals surface area contributed by atoms with Crippen LogP contribution in [0.4, 0.5) is 0 Å². The number of benzene rings is 2. The Hall–Kier alpha value is -3.08. The van der Waals surface area contributed by atoms with E-state index in [1.165, 1.54) is 0 Å². The van der Waals surface area contributed by atoms with Gasteiger partial charge in [-0.25, -0.2) is 9.79 Å². The zero-order chi connectivity index (χ0) is 16.2. The minimum Gasteiger partial charge on any atom is -0.493 e. The van der Waals surface area contributed by atoms with Crippen LogP contribution in [-0.4, -0.2) is 26.1 Å². The smallest absolute Gasteiger partial charge is 0.363 e. The van der Waals surface area contributed by atoms with Gasteiger partial charge in [0, 0.05) is 5.56 Å². The molecular weight excluding hydrogens is 294 g/mol. The summed E-state index contributed by atoms with van der Waals surface area (Å²) in [6.07, 6.45) is 1.69. The topological polar surface area (TPSA) is 57.1 Å². The van der Waals surface area contributed by atoms with E-state index in [1.807, 2.05) is 30.3 Å². The zero-order valence-electron chi connectivity index (χ0n) is 12.8. The summed E-state index contributed by atoms with van der Waals surface area (Å²) >= 11 is 0. The lowest BCUT2D eigenvalue weighted by Gasteiger charge is -2.08. The van der Waals surface area contributed by atoms with Gasteiger partial charge in [0.25, 0.3) is 0 Å². The lowest BCUT2D eigenvalue weighted by molar-refractivity contribution is -0.129. The molecule has 2 aromatic rings. The van der Waals surface area contributed by atoms with E-state index in [2.05, 4.69) is 4.99 Å². The Bertz CT molecular complexity index is 794. The van der Waals surface area contributed by atoms with Crippen molar-refractivity contribution in [3.05, 3.63) is 65.4 Å². The molecule has 5 heteroatoms. The van der Waals surface area contributed by atoms with E-state index >= 15 is 0 Å². The Balaban J connectivity index is 1.94. The second-order valence-corrected chi connectivity index (χ2v) is 4.82. The Labute approximate surface area is 133 Å². The predicted molar refractivity (Wildman–Crippen MR) is 86.6 cm³/mol.